The molecule has 0 saturated heterocycles. The summed E-state index contributed by atoms with van der Waals surface area (Å²) in [5, 5.41) is 10.6. The predicted octanol–water partition coefficient (Wildman–Crippen LogP) is 4.50. The Balaban J connectivity index is 0.000000347. The molecule has 2 rings (SSSR count). The van der Waals surface area contributed by atoms with Crippen LogP contribution < -0.4 is 0 Å². The molecule has 2 aromatic rings. The zero-order chi connectivity index (χ0) is 13.9. The van der Waals surface area contributed by atoms with Crippen molar-refractivity contribution in [1.82, 2.24) is 0 Å². The summed E-state index contributed by atoms with van der Waals surface area (Å²) in [6.45, 7) is 3.65. The second-order valence-corrected chi connectivity index (χ2v) is 4.32. The summed E-state index contributed by atoms with van der Waals surface area (Å²) in [6.07, 6.45) is 4.06. The van der Waals surface area contributed by atoms with Crippen molar-refractivity contribution < 1.29 is 41.0 Å². The monoisotopic (exact) mass is 494 g/mol. The van der Waals surface area contributed by atoms with E-state index < -0.39 is 5.97 Å². The number of carbonyl (C=O) groups is 1. The summed E-state index contributed by atoms with van der Waals surface area (Å²) in [5.74, 6) is -0.695. The van der Waals surface area contributed by atoms with Gasteiger partial charge in [-0.05, 0) is 6.42 Å². The predicted molar refractivity (Wildman–Crippen MR) is 78.9 cm³/mol. The van der Waals surface area contributed by atoms with Crippen molar-refractivity contribution >= 4 is 16.7 Å². The van der Waals surface area contributed by atoms with Gasteiger partial charge in [0.25, 0.3) is 0 Å². The molecule has 2 nitrogen and oxygen atoms in total. The van der Waals surface area contributed by atoms with Gasteiger partial charge in [-0.1, -0.05) is 25.0 Å². The number of benzene rings is 2. The molecular weight excluding hydrogens is 474 g/mol. The maximum Gasteiger partial charge on any atom is 2.00 e. The first-order valence-corrected chi connectivity index (χ1v) is 6.60. The maximum atomic E-state index is 9.95. The van der Waals surface area contributed by atoms with Gasteiger partial charge in [-0.25, -0.2) is 0 Å². The first-order valence-electron chi connectivity index (χ1n) is 6.60. The van der Waals surface area contributed by atoms with Crippen LogP contribution in [0.5, 0.6) is 0 Å². The van der Waals surface area contributed by atoms with E-state index in [-0.39, 0.29) is 31.1 Å². The molecule has 104 valence electrons. The molecule has 0 aliphatic carbocycles. The van der Waals surface area contributed by atoms with Crippen molar-refractivity contribution in [3.63, 3.8) is 0 Å². The van der Waals surface area contributed by atoms with Crippen LogP contribution in [0.4, 0.5) is 0 Å². The van der Waals surface area contributed by atoms with Crippen LogP contribution in [-0.2, 0) is 4.79 Å². The number of carboxylic acid groups (broad SMARTS) is 1. The summed E-state index contributed by atoms with van der Waals surface area (Å²) in [7, 11) is 0. The zero-order valence-corrected chi connectivity index (χ0v) is 15.8. The van der Waals surface area contributed by atoms with Crippen LogP contribution in [-0.4, -0.2) is 11.1 Å². The van der Waals surface area contributed by atoms with E-state index in [0.717, 1.165) is 25.7 Å². The van der Waals surface area contributed by atoms with Gasteiger partial charge in [0.1, 0.15) is 0 Å². The van der Waals surface area contributed by atoms with Gasteiger partial charge in [-0.2, -0.15) is 6.42 Å². The first kappa shape index (κ1) is 19.2. The third-order valence-corrected chi connectivity index (χ3v) is 2.71. The van der Waals surface area contributed by atoms with Crippen molar-refractivity contribution in [2.45, 2.75) is 32.1 Å². The largest absolute Gasteiger partial charge is 2.00 e. The van der Waals surface area contributed by atoms with Gasteiger partial charge in [0.05, 0.1) is 0 Å². The fourth-order valence-electron chi connectivity index (χ4n) is 1.69. The summed E-state index contributed by atoms with van der Waals surface area (Å²) < 4.78 is 0. The van der Waals surface area contributed by atoms with E-state index in [9.17, 15) is 4.79 Å². The molecule has 3 heteroatoms. The molecule has 0 amide bonds. The number of fused-ring (bicyclic) bond motifs is 1. The number of carboxylic acids is 1. The smallest absolute Gasteiger partial charge is 0.481 e. The first-order chi connectivity index (χ1) is 9.24. The summed E-state index contributed by atoms with van der Waals surface area (Å²) in [6, 6.07) is 17.4. The van der Waals surface area contributed by atoms with E-state index in [1.807, 2.05) is 24.3 Å². The quantitative estimate of drug-likeness (QED) is 0.491. The average Bonchev–Trinajstić information content (AvgIpc) is 2.44. The van der Waals surface area contributed by atoms with Crippen molar-refractivity contribution in [2.75, 3.05) is 0 Å². The second kappa shape index (κ2) is 12.0. The van der Waals surface area contributed by atoms with E-state index in [1.165, 1.54) is 10.8 Å². The number of unbranched alkanes of at least 4 members (excludes halogenated alkanes) is 3. The molecule has 0 spiro atoms. The minimum Gasteiger partial charge on any atom is -0.481 e. The van der Waals surface area contributed by atoms with E-state index in [1.54, 1.807) is 0 Å². The molecule has 0 atom stereocenters. The van der Waals surface area contributed by atoms with Gasteiger partial charge < -0.3 is 12.0 Å². The molecule has 0 heterocycles. The topological polar surface area (TPSA) is 37.3 Å². The Morgan fingerprint density at radius 2 is 1.80 bits per heavy atom. The second-order valence-electron chi connectivity index (χ2n) is 4.32. The van der Waals surface area contributed by atoms with Crippen LogP contribution in [0, 0.1) is 44.1 Å². The Hall–Kier alpha value is -0.778. The van der Waals surface area contributed by atoms with Gasteiger partial charge in [0.2, 0.25) is 0 Å². The van der Waals surface area contributed by atoms with Gasteiger partial charge >= 0.3 is 37.1 Å². The van der Waals surface area contributed by atoms with Gasteiger partial charge in [-0.15, -0.1) is 47.2 Å². The number of hydrogen-bond acceptors (Lipinski definition) is 1. The Labute approximate surface area is 145 Å². The number of hydrogen-bond donors (Lipinski definition) is 1. The van der Waals surface area contributed by atoms with Crippen molar-refractivity contribution in [3.8, 4) is 0 Å². The van der Waals surface area contributed by atoms with Crippen LogP contribution in [0.1, 0.15) is 32.1 Å². The minimum absolute atomic E-state index is 0. The molecular formula is C17H20O2U. The fourth-order valence-corrected chi connectivity index (χ4v) is 1.69. The molecule has 0 aliphatic rings. The van der Waals surface area contributed by atoms with E-state index >= 15 is 0 Å². The van der Waals surface area contributed by atoms with Crippen LogP contribution in [0.2, 0.25) is 0 Å². The molecule has 0 saturated carbocycles. The van der Waals surface area contributed by atoms with E-state index in [4.69, 9.17) is 5.11 Å². The molecule has 2 aromatic carbocycles. The molecule has 1 N–H and O–H groups in total. The maximum absolute atomic E-state index is 9.95. The normalized spacial score (nSPS) is 9.25. The Bertz CT molecular complexity index is 432. The third kappa shape index (κ3) is 8.40. The summed E-state index contributed by atoms with van der Waals surface area (Å²) in [4.78, 5) is 9.95. The van der Waals surface area contributed by atoms with Crippen molar-refractivity contribution in [3.05, 3.63) is 55.5 Å². The molecule has 20 heavy (non-hydrogen) atoms. The zero-order valence-electron chi connectivity index (χ0n) is 11.6. The van der Waals surface area contributed by atoms with E-state index in [2.05, 4.69) is 31.2 Å². The Kier molecular flexibility index (Phi) is 11.5. The van der Waals surface area contributed by atoms with Crippen LogP contribution >= 0.6 is 0 Å². The van der Waals surface area contributed by atoms with E-state index in [0.29, 0.717) is 6.42 Å². The van der Waals surface area contributed by atoms with Crippen LogP contribution in [0.25, 0.3) is 10.8 Å². The Morgan fingerprint density at radius 1 is 1.10 bits per heavy atom. The average molecular weight is 494 g/mol. The molecule has 0 aromatic heterocycles. The SMILES string of the molecule is [CH2-]CCCCCC(=O)O.[U+2].[c-]1cccc2ccccc12. The standard InChI is InChI=1S/C10H7.C7H13O2.U/c1-2-6-10-8-4-3-7-9(10)5-1;1-2-3-4-5-6-7(8)9;/h1-7H;1-6H2,(H,8,9);/q2*-1;+2. The van der Waals surface area contributed by atoms with Gasteiger partial charge in [-0.3, -0.25) is 4.79 Å². The van der Waals surface area contributed by atoms with Crippen LogP contribution in [0.3, 0.4) is 0 Å². The third-order valence-electron chi connectivity index (χ3n) is 2.71. The number of rotatable bonds is 5. The van der Waals surface area contributed by atoms with Crippen molar-refractivity contribution in [2.24, 2.45) is 0 Å². The molecule has 0 fully saturated rings. The molecule has 0 unspecified atom stereocenters. The summed E-state index contributed by atoms with van der Waals surface area (Å²) >= 11 is 0. The van der Waals surface area contributed by atoms with Gasteiger partial charge in [0.15, 0.2) is 0 Å². The minimum atomic E-state index is -0.695. The van der Waals surface area contributed by atoms with Crippen molar-refractivity contribution in [1.29, 1.82) is 0 Å². The summed E-state index contributed by atoms with van der Waals surface area (Å²) in [5.41, 5.74) is 0. The van der Waals surface area contributed by atoms with Crippen LogP contribution in [0.15, 0.2) is 42.5 Å². The molecule has 0 radical (unpaired) electrons. The molecule has 0 bridgehead atoms. The fraction of sp³-hybridized carbons (Fsp3) is 0.294. The Morgan fingerprint density at radius 3 is 2.45 bits per heavy atom. The number of aliphatic carboxylic acids is 1. The van der Waals surface area contributed by atoms with Gasteiger partial charge in [0, 0.05) is 6.42 Å². The molecule has 0 aliphatic heterocycles.